The predicted octanol–water partition coefficient (Wildman–Crippen LogP) is 0.440. The van der Waals surface area contributed by atoms with Gasteiger partial charge in [-0.15, -0.1) is 0 Å². The zero-order valence-electron chi connectivity index (χ0n) is 11.0. The van der Waals surface area contributed by atoms with Gasteiger partial charge in [-0.05, 0) is 29.8 Å². The SMILES string of the molecule is NC(=O)c1cc(NCc2ccc(S(N)(=O)=O)cc2)ccn1. The molecule has 0 aliphatic heterocycles. The van der Waals surface area contributed by atoms with Gasteiger partial charge in [0.25, 0.3) is 5.91 Å². The molecule has 0 bridgehead atoms. The molecule has 0 aliphatic carbocycles. The average molecular weight is 306 g/mol. The van der Waals surface area contributed by atoms with Gasteiger partial charge < -0.3 is 11.1 Å². The first-order chi connectivity index (χ1) is 9.86. The van der Waals surface area contributed by atoms with E-state index in [9.17, 15) is 13.2 Å². The summed E-state index contributed by atoms with van der Waals surface area (Å²) in [5.41, 5.74) is 6.87. The third kappa shape index (κ3) is 4.01. The first-order valence-corrected chi connectivity index (χ1v) is 7.52. The van der Waals surface area contributed by atoms with E-state index in [4.69, 9.17) is 10.9 Å². The Labute approximate surface area is 122 Å². The van der Waals surface area contributed by atoms with Crippen LogP contribution in [0.3, 0.4) is 0 Å². The van der Waals surface area contributed by atoms with Crippen LogP contribution in [-0.4, -0.2) is 19.3 Å². The minimum Gasteiger partial charge on any atom is -0.381 e. The number of pyridine rings is 1. The normalized spacial score (nSPS) is 11.1. The number of rotatable bonds is 5. The molecule has 110 valence electrons. The number of primary amides is 1. The highest BCUT2D eigenvalue weighted by molar-refractivity contribution is 7.89. The summed E-state index contributed by atoms with van der Waals surface area (Å²) in [6, 6.07) is 9.43. The van der Waals surface area contributed by atoms with E-state index in [-0.39, 0.29) is 10.6 Å². The number of nitrogens with zero attached hydrogens (tertiary/aromatic N) is 1. The number of hydrogen-bond donors (Lipinski definition) is 3. The van der Waals surface area contributed by atoms with Crippen molar-refractivity contribution in [3.8, 4) is 0 Å². The predicted molar refractivity (Wildman–Crippen MR) is 77.9 cm³/mol. The lowest BCUT2D eigenvalue weighted by Gasteiger charge is -2.07. The lowest BCUT2D eigenvalue weighted by atomic mass is 10.2. The van der Waals surface area contributed by atoms with Crippen molar-refractivity contribution in [3.63, 3.8) is 0 Å². The number of nitrogens with one attached hydrogen (secondary N) is 1. The summed E-state index contributed by atoms with van der Waals surface area (Å²) in [5, 5.41) is 8.11. The second kappa shape index (κ2) is 5.90. The largest absolute Gasteiger partial charge is 0.381 e. The number of primary sulfonamides is 1. The van der Waals surface area contributed by atoms with E-state index in [1.165, 1.54) is 18.3 Å². The van der Waals surface area contributed by atoms with Gasteiger partial charge in [-0.1, -0.05) is 12.1 Å². The van der Waals surface area contributed by atoms with Gasteiger partial charge in [0.15, 0.2) is 0 Å². The summed E-state index contributed by atoms with van der Waals surface area (Å²) in [7, 11) is -3.68. The van der Waals surface area contributed by atoms with Gasteiger partial charge >= 0.3 is 0 Å². The van der Waals surface area contributed by atoms with Crippen LogP contribution in [0.5, 0.6) is 0 Å². The fraction of sp³-hybridized carbons (Fsp3) is 0.0769. The van der Waals surface area contributed by atoms with Crippen LogP contribution < -0.4 is 16.2 Å². The molecule has 2 rings (SSSR count). The Hall–Kier alpha value is -2.45. The molecule has 0 saturated carbocycles. The monoisotopic (exact) mass is 306 g/mol. The van der Waals surface area contributed by atoms with E-state index in [2.05, 4.69) is 10.3 Å². The standard InChI is InChI=1S/C13H14N4O3S/c14-13(18)12-7-10(5-6-16-12)17-8-9-1-3-11(4-2-9)21(15,19)20/h1-7H,8H2,(H2,14,18)(H,16,17)(H2,15,19,20). The van der Waals surface area contributed by atoms with E-state index in [1.807, 2.05) is 0 Å². The smallest absolute Gasteiger partial charge is 0.267 e. The molecule has 1 aromatic heterocycles. The van der Waals surface area contributed by atoms with Crippen molar-refractivity contribution in [1.82, 2.24) is 4.98 Å². The Morgan fingerprint density at radius 2 is 1.86 bits per heavy atom. The van der Waals surface area contributed by atoms with Crippen LogP contribution in [0.1, 0.15) is 16.1 Å². The summed E-state index contributed by atoms with van der Waals surface area (Å²) in [6.45, 7) is 0.452. The molecule has 7 nitrogen and oxygen atoms in total. The lowest BCUT2D eigenvalue weighted by molar-refractivity contribution is 0.0995. The highest BCUT2D eigenvalue weighted by atomic mass is 32.2. The van der Waals surface area contributed by atoms with E-state index < -0.39 is 15.9 Å². The second-order valence-corrected chi connectivity index (χ2v) is 5.90. The summed E-state index contributed by atoms with van der Waals surface area (Å²) >= 11 is 0. The maximum atomic E-state index is 11.1. The van der Waals surface area contributed by atoms with Crippen molar-refractivity contribution in [1.29, 1.82) is 0 Å². The van der Waals surface area contributed by atoms with E-state index in [0.29, 0.717) is 12.2 Å². The zero-order chi connectivity index (χ0) is 15.5. The van der Waals surface area contributed by atoms with E-state index in [0.717, 1.165) is 5.56 Å². The Morgan fingerprint density at radius 3 is 2.43 bits per heavy atom. The van der Waals surface area contributed by atoms with Gasteiger partial charge in [0.1, 0.15) is 5.69 Å². The molecular weight excluding hydrogens is 292 g/mol. The number of carbonyl (C=O) groups is 1. The molecule has 0 atom stereocenters. The van der Waals surface area contributed by atoms with Crippen molar-refractivity contribution in [2.45, 2.75) is 11.4 Å². The van der Waals surface area contributed by atoms with Gasteiger partial charge in [-0.3, -0.25) is 9.78 Å². The van der Waals surface area contributed by atoms with E-state index in [1.54, 1.807) is 24.3 Å². The van der Waals surface area contributed by atoms with Crippen LogP contribution in [0.25, 0.3) is 0 Å². The topological polar surface area (TPSA) is 128 Å². The van der Waals surface area contributed by atoms with Crippen molar-refractivity contribution < 1.29 is 13.2 Å². The molecule has 0 fully saturated rings. The zero-order valence-corrected chi connectivity index (χ0v) is 11.8. The molecule has 21 heavy (non-hydrogen) atoms. The lowest BCUT2D eigenvalue weighted by Crippen LogP contribution is -2.13. The van der Waals surface area contributed by atoms with Crippen LogP contribution in [0, 0.1) is 0 Å². The number of anilines is 1. The molecule has 1 amide bonds. The third-order valence-electron chi connectivity index (χ3n) is 2.76. The Bertz CT molecular complexity index is 757. The maximum absolute atomic E-state index is 11.1. The van der Waals surface area contributed by atoms with Gasteiger partial charge in [-0.25, -0.2) is 13.6 Å². The number of carbonyl (C=O) groups excluding carboxylic acids is 1. The molecule has 8 heteroatoms. The van der Waals surface area contributed by atoms with Crippen molar-refractivity contribution in [3.05, 3.63) is 53.9 Å². The van der Waals surface area contributed by atoms with Gasteiger partial charge in [0.05, 0.1) is 4.90 Å². The second-order valence-electron chi connectivity index (χ2n) is 4.34. The van der Waals surface area contributed by atoms with Crippen LogP contribution in [0.2, 0.25) is 0 Å². The Balaban J connectivity index is 2.06. The van der Waals surface area contributed by atoms with Gasteiger partial charge in [0.2, 0.25) is 10.0 Å². The van der Waals surface area contributed by atoms with Crippen molar-refractivity contribution in [2.75, 3.05) is 5.32 Å². The quantitative estimate of drug-likeness (QED) is 0.738. The van der Waals surface area contributed by atoms with Crippen LogP contribution in [0.4, 0.5) is 5.69 Å². The van der Waals surface area contributed by atoms with E-state index >= 15 is 0 Å². The molecule has 0 saturated heterocycles. The molecule has 1 aromatic carbocycles. The average Bonchev–Trinajstić information content (AvgIpc) is 2.45. The van der Waals surface area contributed by atoms with Gasteiger partial charge in [0, 0.05) is 18.4 Å². The first-order valence-electron chi connectivity index (χ1n) is 5.98. The molecule has 0 unspecified atom stereocenters. The fourth-order valence-electron chi connectivity index (χ4n) is 1.68. The Kier molecular flexibility index (Phi) is 4.20. The fourth-order valence-corrected chi connectivity index (χ4v) is 2.19. The van der Waals surface area contributed by atoms with Crippen molar-refractivity contribution in [2.24, 2.45) is 10.9 Å². The van der Waals surface area contributed by atoms with Crippen LogP contribution >= 0.6 is 0 Å². The number of hydrogen-bond acceptors (Lipinski definition) is 5. The van der Waals surface area contributed by atoms with Crippen molar-refractivity contribution >= 4 is 21.6 Å². The first kappa shape index (κ1) is 14.9. The summed E-state index contributed by atoms with van der Waals surface area (Å²) in [6.07, 6.45) is 1.48. The highest BCUT2D eigenvalue weighted by Crippen LogP contribution is 2.12. The number of sulfonamides is 1. The third-order valence-corrected chi connectivity index (χ3v) is 3.69. The highest BCUT2D eigenvalue weighted by Gasteiger charge is 2.07. The van der Waals surface area contributed by atoms with Gasteiger partial charge in [-0.2, -0.15) is 0 Å². The summed E-state index contributed by atoms with van der Waals surface area (Å²) in [4.78, 5) is 14.9. The molecule has 1 heterocycles. The number of aromatic nitrogens is 1. The molecule has 0 radical (unpaired) electrons. The Morgan fingerprint density at radius 1 is 1.19 bits per heavy atom. The summed E-state index contributed by atoms with van der Waals surface area (Å²) in [5.74, 6) is -0.601. The number of benzene rings is 1. The van der Waals surface area contributed by atoms with Crippen LogP contribution in [-0.2, 0) is 16.6 Å². The molecule has 2 aromatic rings. The molecule has 5 N–H and O–H groups in total. The minimum atomic E-state index is -3.68. The molecule has 0 spiro atoms. The number of nitrogens with two attached hydrogens (primary N) is 2. The number of amides is 1. The minimum absolute atomic E-state index is 0.0613. The maximum Gasteiger partial charge on any atom is 0.267 e. The molecule has 0 aliphatic rings. The summed E-state index contributed by atoms with van der Waals surface area (Å²) < 4.78 is 22.3. The molecular formula is C13H14N4O3S. The van der Waals surface area contributed by atoms with Crippen LogP contribution in [0.15, 0.2) is 47.5 Å².